The molecule has 2 aromatic carbocycles. The molecule has 2 N–H and O–H groups in total. The Balaban J connectivity index is 1.36. The molecule has 8 nitrogen and oxygen atoms in total. The maximum absolute atomic E-state index is 13.3. The van der Waals surface area contributed by atoms with Crippen LogP contribution in [0.1, 0.15) is 23.2 Å². The summed E-state index contributed by atoms with van der Waals surface area (Å²) >= 11 is 6.08. The number of benzene rings is 2. The van der Waals surface area contributed by atoms with E-state index < -0.39 is 29.9 Å². The van der Waals surface area contributed by atoms with E-state index in [1.165, 1.54) is 0 Å². The van der Waals surface area contributed by atoms with Gasteiger partial charge in [-0.15, -0.1) is 0 Å². The lowest BCUT2D eigenvalue weighted by molar-refractivity contribution is -0.134. The molecule has 1 unspecified atom stereocenters. The number of hydrogen-bond donors (Lipinski definition) is 2. The quantitative estimate of drug-likeness (QED) is 0.598. The Labute approximate surface area is 189 Å². The summed E-state index contributed by atoms with van der Waals surface area (Å²) in [6.07, 6.45) is 1.18. The molecule has 3 aromatic rings. The first-order valence-corrected chi connectivity index (χ1v) is 10.6. The third-order valence-electron chi connectivity index (χ3n) is 5.88. The number of nitrogens with zero attached hydrogens (tertiary/aromatic N) is 3. The van der Waals surface area contributed by atoms with Gasteiger partial charge in [-0.25, -0.2) is 9.48 Å². The molecule has 1 fully saturated rings. The minimum absolute atomic E-state index is 0.394. The summed E-state index contributed by atoms with van der Waals surface area (Å²) in [6.45, 7) is 1.41. The van der Waals surface area contributed by atoms with Gasteiger partial charge in [0.1, 0.15) is 17.9 Å². The van der Waals surface area contributed by atoms with E-state index in [-0.39, 0.29) is 0 Å². The summed E-state index contributed by atoms with van der Waals surface area (Å²) in [5.41, 5.74) is 2.12. The highest BCUT2D eigenvalue weighted by atomic mass is 35.5. The van der Waals surface area contributed by atoms with Crippen molar-refractivity contribution >= 4 is 35.3 Å². The van der Waals surface area contributed by atoms with Crippen LogP contribution in [-0.4, -0.2) is 39.1 Å². The van der Waals surface area contributed by atoms with Gasteiger partial charge in [-0.05, 0) is 49.1 Å². The van der Waals surface area contributed by atoms with Crippen LogP contribution < -0.4 is 10.6 Å². The van der Waals surface area contributed by atoms with E-state index in [1.807, 2.05) is 30.3 Å². The summed E-state index contributed by atoms with van der Waals surface area (Å²) < 4.78 is 1.56. The van der Waals surface area contributed by atoms with Crippen molar-refractivity contribution in [2.24, 2.45) is 0 Å². The van der Waals surface area contributed by atoms with Gasteiger partial charge in [0.15, 0.2) is 0 Å². The average Bonchev–Trinajstić information content (AvgIpc) is 3.39. The van der Waals surface area contributed by atoms with Gasteiger partial charge in [-0.3, -0.25) is 14.5 Å². The molecular formula is C23H20ClN5O3. The average molecular weight is 450 g/mol. The number of hydrogen-bond acceptors (Lipinski definition) is 4. The van der Waals surface area contributed by atoms with Crippen molar-refractivity contribution in [3.05, 3.63) is 76.4 Å². The molecule has 1 atom stereocenters. The predicted molar refractivity (Wildman–Crippen MR) is 119 cm³/mol. The molecule has 1 aliphatic carbocycles. The van der Waals surface area contributed by atoms with E-state index in [1.54, 1.807) is 35.9 Å². The molecule has 1 aromatic heterocycles. The Hall–Kier alpha value is -3.65. The van der Waals surface area contributed by atoms with Crippen molar-refractivity contribution in [1.29, 1.82) is 0 Å². The van der Waals surface area contributed by atoms with Crippen molar-refractivity contribution in [2.45, 2.75) is 25.3 Å². The van der Waals surface area contributed by atoms with E-state index in [2.05, 4.69) is 15.7 Å². The molecular weight excluding hydrogens is 430 g/mol. The first-order chi connectivity index (χ1) is 15.4. The first kappa shape index (κ1) is 20.3. The summed E-state index contributed by atoms with van der Waals surface area (Å²) in [7, 11) is 0. The minimum atomic E-state index is -1.09. The lowest BCUT2D eigenvalue weighted by Gasteiger charge is -2.22. The van der Waals surface area contributed by atoms with Crippen LogP contribution >= 0.6 is 11.6 Å². The zero-order chi connectivity index (χ0) is 22.5. The lowest BCUT2D eigenvalue weighted by Crippen LogP contribution is -2.43. The second-order valence-electron chi connectivity index (χ2n) is 7.99. The number of carbonyl (C=O) groups is 3. The van der Waals surface area contributed by atoms with Gasteiger partial charge < -0.3 is 10.6 Å². The third kappa shape index (κ3) is 3.23. The summed E-state index contributed by atoms with van der Waals surface area (Å²) in [6, 6.07) is 15.8. The van der Waals surface area contributed by atoms with Crippen molar-refractivity contribution in [2.75, 3.05) is 11.9 Å². The molecule has 9 heteroatoms. The first-order valence-electron chi connectivity index (χ1n) is 10.2. The Morgan fingerprint density at radius 2 is 2.00 bits per heavy atom. The normalized spacial score (nSPS) is 19.4. The lowest BCUT2D eigenvalue weighted by atomic mass is 9.92. The van der Waals surface area contributed by atoms with Crippen LogP contribution in [0.15, 0.2) is 54.6 Å². The summed E-state index contributed by atoms with van der Waals surface area (Å²) in [5.74, 6) is -0.482. The van der Waals surface area contributed by atoms with E-state index in [0.717, 1.165) is 16.0 Å². The standard InChI is InChI=1S/C23H20ClN5O3/c1-14-11-19(29(27-14)17-7-4-6-16(24)12-17)25-20(30)13-28-21(31)23(26-22(28)32)10-9-15-5-2-3-8-18(15)23/h2-8,11-12H,9-10,13H2,1H3,(H,25,30)(H,26,32). The number of rotatable bonds is 4. The molecule has 5 rings (SSSR count). The van der Waals surface area contributed by atoms with Gasteiger partial charge in [-0.1, -0.05) is 41.9 Å². The highest BCUT2D eigenvalue weighted by Gasteiger charge is 2.55. The Morgan fingerprint density at radius 1 is 1.19 bits per heavy atom. The Bertz CT molecular complexity index is 1270. The van der Waals surface area contributed by atoms with Crippen LogP contribution in [0, 0.1) is 6.92 Å². The maximum atomic E-state index is 13.3. The van der Waals surface area contributed by atoms with Gasteiger partial charge in [0, 0.05) is 11.1 Å². The van der Waals surface area contributed by atoms with Gasteiger partial charge >= 0.3 is 6.03 Å². The number of anilines is 1. The van der Waals surface area contributed by atoms with Gasteiger partial charge in [0.25, 0.3) is 5.91 Å². The van der Waals surface area contributed by atoms with E-state index >= 15 is 0 Å². The SMILES string of the molecule is Cc1cc(NC(=O)CN2C(=O)NC3(CCc4ccccc43)C2=O)n(-c2cccc(Cl)c2)n1. The number of halogens is 1. The summed E-state index contributed by atoms with van der Waals surface area (Å²) in [4.78, 5) is 39.7. The number of urea groups is 1. The summed E-state index contributed by atoms with van der Waals surface area (Å²) in [5, 5.41) is 10.5. The zero-order valence-corrected chi connectivity index (χ0v) is 18.0. The van der Waals surface area contributed by atoms with Gasteiger partial charge in [-0.2, -0.15) is 5.10 Å². The van der Waals surface area contributed by atoms with Gasteiger partial charge in [0.2, 0.25) is 5.91 Å². The number of aryl methyl sites for hydroxylation is 2. The molecule has 1 spiro atoms. The van der Waals surface area contributed by atoms with Crippen LogP contribution in [0.25, 0.3) is 5.69 Å². The van der Waals surface area contributed by atoms with Gasteiger partial charge in [0.05, 0.1) is 11.4 Å². The van der Waals surface area contributed by atoms with Crippen molar-refractivity contribution in [3.63, 3.8) is 0 Å². The topological polar surface area (TPSA) is 96.3 Å². The Kier molecular flexibility index (Phi) is 4.74. The highest BCUT2D eigenvalue weighted by molar-refractivity contribution is 6.30. The monoisotopic (exact) mass is 449 g/mol. The van der Waals surface area contributed by atoms with E-state index in [4.69, 9.17) is 11.6 Å². The van der Waals surface area contributed by atoms with Crippen LogP contribution in [0.5, 0.6) is 0 Å². The number of imide groups is 1. The molecule has 4 amide bonds. The van der Waals surface area contributed by atoms with E-state index in [9.17, 15) is 14.4 Å². The second-order valence-corrected chi connectivity index (χ2v) is 8.43. The Morgan fingerprint density at radius 3 is 2.81 bits per heavy atom. The molecule has 1 saturated heterocycles. The molecule has 162 valence electrons. The number of fused-ring (bicyclic) bond motifs is 2. The van der Waals surface area contributed by atoms with Crippen LogP contribution in [0.2, 0.25) is 5.02 Å². The van der Waals surface area contributed by atoms with Crippen molar-refractivity contribution < 1.29 is 14.4 Å². The van der Waals surface area contributed by atoms with Crippen molar-refractivity contribution in [1.82, 2.24) is 20.0 Å². The predicted octanol–water partition coefficient (Wildman–Crippen LogP) is 3.17. The van der Waals surface area contributed by atoms with Crippen LogP contribution in [0.3, 0.4) is 0 Å². The molecule has 32 heavy (non-hydrogen) atoms. The molecule has 1 aliphatic heterocycles. The molecule has 0 bridgehead atoms. The third-order valence-corrected chi connectivity index (χ3v) is 6.11. The highest BCUT2D eigenvalue weighted by Crippen LogP contribution is 2.41. The van der Waals surface area contributed by atoms with E-state index in [0.29, 0.717) is 35.1 Å². The second kappa shape index (κ2) is 7.49. The fourth-order valence-electron chi connectivity index (χ4n) is 4.45. The maximum Gasteiger partial charge on any atom is 0.325 e. The number of nitrogens with one attached hydrogen (secondary N) is 2. The fraction of sp³-hybridized carbons (Fsp3) is 0.217. The van der Waals surface area contributed by atoms with Crippen LogP contribution in [-0.2, 0) is 21.5 Å². The zero-order valence-electron chi connectivity index (χ0n) is 17.3. The molecule has 0 radical (unpaired) electrons. The fourth-order valence-corrected chi connectivity index (χ4v) is 4.64. The number of carbonyl (C=O) groups excluding carboxylic acids is 3. The molecule has 2 aliphatic rings. The van der Waals surface area contributed by atoms with Crippen molar-refractivity contribution in [3.8, 4) is 5.69 Å². The molecule has 2 heterocycles. The van der Waals surface area contributed by atoms with Crippen LogP contribution in [0.4, 0.5) is 10.6 Å². The largest absolute Gasteiger partial charge is 0.325 e. The number of amides is 4. The molecule has 0 saturated carbocycles. The number of aromatic nitrogens is 2. The minimum Gasteiger partial charge on any atom is -0.319 e. The smallest absolute Gasteiger partial charge is 0.319 e.